The number of aliphatic hydroxyl groups excluding tert-OH is 5. The van der Waals surface area contributed by atoms with Crippen molar-refractivity contribution in [2.75, 3.05) is 13.6 Å². The Bertz CT molecular complexity index is 5020. The number of carboxylic acids is 1. The molecule has 21 N–H and O–H groups in total. The standard InChI is InChI=1S/C80H86Cl4N10O24/c1-32(2)18-48(87-5)72(104)93-63-65(99)37-11-16-52(46(83)20-37)114-54-22-39-23-55(69(54)118-79-70(68(102)67(101)56(29-85)116-79)117-58-28-80(4,71(103)33(3)113-58)88-30-34-6-8-35(9-7-34)31-112-41-13-14-44(81)45(82)26-41)115-53-17-12-38(21-47(53)84)66(100)64-77(109)92-62(78(110)111)43-24-40(95)25-51(97)59(43)42-19-36(10-15-50(42)96)60(74(106)94-64)91-75(107)61(39)90-73(105)49(27-57(86)98)89-76(63)108/h6-17,19-26,32-33,48-49,56,58,60-68,70-71,79,87-88,95-97,99-103H,18,27-31,85H2,1-5H3,(H2,86,98)(H,89,108)(H,90,105)(H,91,107)(H,92,109)(H,93,104)(H,94,106)(H,110,111)/t33?,48-,49+,56?,58?,60-,61-,62+,63-,64+,65-,66-,67?,68?,70?,71?,79?,80?/m1/s1. The van der Waals surface area contributed by atoms with Gasteiger partial charge in [-0.2, -0.15) is 0 Å². The van der Waals surface area contributed by atoms with Gasteiger partial charge in [-0.3, -0.25) is 33.6 Å². The molecule has 118 heavy (non-hydrogen) atoms. The lowest BCUT2D eigenvalue weighted by Crippen LogP contribution is -2.65. The number of aromatic hydroxyl groups is 3. The first-order chi connectivity index (χ1) is 56.0. The van der Waals surface area contributed by atoms with E-state index in [1.807, 2.05) is 38.1 Å². The third-order valence-corrected chi connectivity index (χ3v) is 22.1. The largest absolute Gasteiger partial charge is 0.508 e. The molecule has 0 aliphatic carbocycles. The van der Waals surface area contributed by atoms with E-state index in [-0.39, 0.29) is 65.1 Å². The summed E-state index contributed by atoms with van der Waals surface area (Å²) in [4.78, 5) is 118. The molecule has 18 atom stereocenters. The molecule has 7 heterocycles. The normalized spacial score (nSPS) is 26.8. The molecule has 628 valence electrons. The van der Waals surface area contributed by atoms with Crippen LogP contribution < -0.4 is 72.9 Å². The Morgan fingerprint density at radius 2 is 1.28 bits per heavy atom. The monoisotopic (exact) mass is 1710 g/mol. The van der Waals surface area contributed by atoms with Gasteiger partial charge in [-0.25, -0.2) is 4.79 Å². The smallest absolute Gasteiger partial charge is 0.330 e. The average molecular weight is 1710 g/mol. The molecule has 9 unspecified atom stereocenters. The number of rotatable bonds is 19. The molecule has 0 spiro atoms. The summed E-state index contributed by atoms with van der Waals surface area (Å²) in [5.74, 6) is -15.4. The number of amides is 7. The highest BCUT2D eigenvalue weighted by molar-refractivity contribution is 6.42. The van der Waals surface area contributed by atoms with Gasteiger partial charge in [0.1, 0.15) is 102 Å². The fraction of sp³-hybridized carbons (Fsp3) is 0.375. The highest BCUT2D eigenvalue weighted by Crippen LogP contribution is 2.50. The number of nitrogens with one attached hydrogen (secondary N) is 8. The van der Waals surface area contributed by atoms with Crippen LogP contribution in [0.25, 0.3) is 11.1 Å². The van der Waals surface area contributed by atoms with E-state index in [2.05, 4.69) is 42.5 Å². The van der Waals surface area contributed by atoms with Crippen LogP contribution in [0.1, 0.15) is 116 Å². The van der Waals surface area contributed by atoms with Gasteiger partial charge < -0.3 is 133 Å². The summed E-state index contributed by atoms with van der Waals surface area (Å²) >= 11 is 26.6. The van der Waals surface area contributed by atoms with Crippen LogP contribution in [0.5, 0.6) is 51.7 Å². The lowest BCUT2D eigenvalue weighted by molar-refractivity contribution is -0.331. The second-order valence-corrected chi connectivity index (χ2v) is 31.3. The summed E-state index contributed by atoms with van der Waals surface area (Å²) in [6.07, 6.45) is -18.1. The molecular weight excluding hydrogens is 1630 g/mol. The summed E-state index contributed by atoms with van der Waals surface area (Å²) in [7, 11) is 1.48. The van der Waals surface area contributed by atoms with Crippen molar-refractivity contribution >= 4 is 93.7 Å². The number of carbonyl (C=O) groups excluding carboxylic acids is 7. The van der Waals surface area contributed by atoms with E-state index in [0.29, 0.717) is 15.8 Å². The number of hydrogen-bond donors (Lipinski definition) is 19. The summed E-state index contributed by atoms with van der Waals surface area (Å²) in [6, 6.07) is 11.8. The van der Waals surface area contributed by atoms with Crippen LogP contribution in [0.2, 0.25) is 20.1 Å². The van der Waals surface area contributed by atoms with Crippen molar-refractivity contribution in [2.45, 2.75) is 169 Å². The lowest BCUT2D eigenvalue weighted by atomic mass is 9.84. The van der Waals surface area contributed by atoms with Gasteiger partial charge in [0.05, 0.1) is 44.8 Å². The minimum atomic E-state index is -2.35. The lowest BCUT2D eigenvalue weighted by Gasteiger charge is -2.48. The zero-order valence-corrected chi connectivity index (χ0v) is 66.5. The number of benzene rings is 7. The second-order valence-electron chi connectivity index (χ2n) is 29.7. The van der Waals surface area contributed by atoms with Crippen molar-refractivity contribution in [1.82, 2.24) is 42.5 Å². The fourth-order valence-electron chi connectivity index (χ4n) is 14.5. The SMILES string of the molecule is CN[C@H](CC(C)C)C(=O)N[C@H]1C(=O)N[C@@H](CC(N)=O)C(=O)N[C@H]2C(=O)N[C@H]3C(=O)N[C@H](C(=O)N[C@H](C(=O)O)c4cc(O)cc(O)c4-c4cc3ccc4O)[C@H](O)c3ccc(c(Cl)c3)Oc3cc2cc(c3OC2OC(CN)C(O)C(O)C2OC2CC(C)(NCc3ccc(COc4ccc(Cl)c(Cl)c4)cc3)C(O)C(C)O2)Oc2ccc(cc2Cl)[C@H]1O. The molecule has 38 heteroatoms. The minimum Gasteiger partial charge on any atom is -0.508 e. The molecule has 0 saturated carbocycles. The van der Waals surface area contributed by atoms with Gasteiger partial charge in [-0.05, 0) is 133 Å². The van der Waals surface area contributed by atoms with Crippen molar-refractivity contribution in [2.24, 2.45) is 17.4 Å². The zero-order chi connectivity index (χ0) is 85.2. The van der Waals surface area contributed by atoms with Gasteiger partial charge in [0.15, 0.2) is 29.9 Å². The van der Waals surface area contributed by atoms with Gasteiger partial charge in [0.2, 0.25) is 53.4 Å². The van der Waals surface area contributed by atoms with Gasteiger partial charge in [0, 0.05) is 53.9 Å². The maximum atomic E-state index is 16.2. The number of primary amides is 1. The van der Waals surface area contributed by atoms with E-state index in [4.69, 9.17) is 91.0 Å². The van der Waals surface area contributed by atoms with E-state index in [1.54, 1.807) is 32.0 Å². The Morgan fingerprint density at radius 3 is 1.90 bits per heavy atom. The number of nitrogens with two attached hydrogens (primary N) is 2. The van der Waals surface area contributed by atoms with Crippen molar-refractivity contribution < 1.29 is 117 Å². The minimum absolute atomic E-state index is 0.106. The fourth-order valence-corrected chi connectivity index (χ4v) is 15.2. The number of carboxylic acid groups (broad SMARTS) is 1. The highest BCUT2D eigenvalue weighted by atomic mass is 35.5. The number of ether oxygens (including phenoxy) is 7. The van der Waals surface area contributed by atoms with Gasteiger partial charge in [-0.15, -0.1) is 0 Å². The predicted octanol–water partition coefficient (Wildman–Crippen LogP) is 4.79. The first-order valence-electron chi connectivity index (χ1n) is 37.2. The van der Waals surface area contributed by atoms with Gasteiger partial charge in [-0.1, -0.05) is 103 Å². The number of hydrogen-bond acceptors (Lipinski definition) is 26. The molecule has 2 fully saturated rings. The number of aliphatic carboxylic acids is 1. The van der Waals surface area contributed by atoms with E-state index in [1.165, 1.54) is 19.2 Å². The van der Waals surface area contributed by atoms with Crippen LogP contribution in [0.4, 0.5) is 0 Å². The summed E-state index contributed by atoms with van der Waals surface area (Å²) in [6.45, 7) is 6.82. The Morgan fingerprint density at radius 1 is 0.653 bits per heavy atom. The molecule has 2 saturated heterocycles. The third-order valence-electron chi connectivity index (χ3n) is 20.8. The first-order valence-corrected chi connectivity index (χ1v) is 38.7. The molecule has 34 nitrogen and oxygen atoms in total. The number of likely N-dealkylation sites (N-methyl/N-ethyl adjacent to an activating group) is 1. The molecule has 7 amide bonds. The van der Waals surface area contributed by atoms with Crippen LogP contribution in [0.3, 0.4) is 0 Å². The number of phenols is 3. The van der Waals surface area contributed by atoms with Gasteiger partial charge in [0.25, 0.3) is 0 Å². The first kappa shape index (κ1) is 86.9. The van der Waals surface area contributed by atoms with Crippen molar-refractivity contribution in [3.63, 3.8) is 0 Å². The average Bonchev–Trinajstić information content (AvgIpc) is 0.767. The number of phenolic OH excluding ortho intramolecular Hbond substituents is 3. The van der Waals surface area contributed by atoms with Crippen molar-refractivity contribution in [1.29, 1.82) is 0 Å². The number of carbonyl (C=O) groups is 8. The van der Waals surface area contributed by atoms with Gasteiger partial charge >= 0.3 is 5.97 Å². The number of aliphatic hydroxyl groups is 5. The van der Waals surface area contributed by atoms with E-state index < -0.39 is 231 Å². The summed E-state index contributed by atoms with van der Waals surface area (Å²) in [5.41, 5.74) is 9.57. The Hall–Kier alpha value is -10.4. The topological polar surface area (TPSA) is 532 Å². The number of halogens is 4. The molecule has 7 aliphatic rings. The quantitative estimate of drug-likeness (QED) is 0.0517. The Kier molecular flexibility index (Phi) is 26.9. The Labute approximate surface area is 693 Å². The van der Waals surface area contributed by atoms with Crippen LogP contribution in [-0.2, 0) is 65.7 Å². The highest BCUT2D eigenvalue weighted by Gasteiger charge is 2.52. The third kappa shape index (κ3) is 19.2. The maximum Gasteiger partial charge on any atom is 0.330 e. The number of fused-ring (bicyclic) bond motifs is 15. The van der Waals surface area contributed by atoms with Crippen LogP contribution in [0.15, 0.2) is 121 Å². The maximum absolute atomic E-state index is 16.2. The molecule has 14 rings (SSSR count). The molecule has 7 aromatic rings. The van der Waals surface area contributed by atoms with Crippen LogP contribution >= 0.6 is 46.4 Å². The molecule has 7 aromatic carbocycles. The molecule has 7 aliphatic heterocycles. The van der Waals surface area contributed by atoms with Crippen LogP contribution in [-0.4, -0.2) is 186 Å². The predicted molar refractivity (Wildman–Crippen MR) is 421 cm³/mol. The summed E-state index contributed by atoms with van der Waals surface area (Å²) < 4.78 is 45.7. The van der Waals surface area contributed by atoms with Crippen LogP contribution in [0, 0.1) is 5.92 Å². The van der Waals surface area contributed by atoms with E-state index in [9.17, 15) is 69.9 Å². The van der Waals surface area contributed by atoms with Crippen molar-refractivity contribution in [3.05, 3.63) is 180 Å². The molecular formula is C80H86Cl4N10O24. The second kappa shape index (κ2) is 36.5. The Balaban J connectivity index is 1.02. The molecule has 11 bridgehead atoms. The molecule has 0 aromatic heterocycles. The zero-order valence-electron chi connectivity index (χ0n) is 63.5. The van der Waals surface area contributed by atoms with E-state index in [0.717, 1.165) is 77.9 Å². The molecule has 0 radical (unpaired) electrons. The summed E-state index contributed by atoms with van der Waals surface area (Å²) in [5, 5.41) is 127. The van der Waals surface area contributed by atoms with Crippen molar-refractivity contribution in [3.8, 4) is 62.9 Å². The van der Waals surface area contributed by atoms with E-state index >= 15 is 14.4 Å².